The molecule has 2 aromatic rings. The second-order valence-corrected chi connectivity index (χ2v) is 9.01. The van der Waals surface area contributed by atoms with Crippen molar-refractivity contribution in [1.29, 1.82) is 0 Å². The number of thiophene rings is 1. The van der Waals surface area contributed by atoms with Gasteiger partial charge in [-0.05, 0) is 17.5 Å². The maximum atomic E-state index is 12.5. The molecule has 1 aromatic heterocycles. The van der Waals surface area contributed by atoms with E-state index in [0.717, 1.165) is 9.77 Å². The first-order valence-corrected chi connectivity index (χ1v) is 9.19. The van der Waals surface area contributed by atoms with Crippen LogP contribution < -0.4 is 0 Å². The van der Waals surface area contributed by atoms with Crippen molar-refractivity contribution in [2.45, 2.75) is 14.4 Å². The average Bonchev–Trinajstić information content (AvgIpc) is 2.96. The van der Waals surface area contributed by atoms with Crippen molar-refractivity contribution in [3.05, 3.63) is 47.3 Å². The fourth-order valence-corrected chi connectivity index (χ4v) is 7.21. The molecule has 0 spiro atoms. The Hall–Kier alpha value is -0.500. The monoisotopic (exact) mass is 300 g/mol. The second kappa shape index (κ2) is 4.56. The van der Waals surface area contributed by atoms with Gasteiger partial charge >= 0.3 is 0 Å². The quantitative estimate of drug-likeness (QED) is 0.831. The van der Waals surface area contributed by atoms with E-state index < -0.39 is 21.8 Å². The summed E-state index contributed by atoms with van der Waals surface area (Å²) in [7, 11) is -2.78. The topological polar surface area (TPSA) is 63.5 Å². The molecule has 2 atom stereocenters. The predicted octanol–water partition coefficient (Wildman–Crippen LogP) is 3.72. The highest BCUT2D eigenvalue weighted by molar-refractivity contribution is 8.25. The van der Waals surface area contributed by atoms with Crippen molar-refractivity contribution in [2.24, 2.45) is 0 Å². The van der Waals surface area contributed by atoms with E-state index in [1.807, 2.05) is 29.6 Å². The third-order valence-corrected chi connectivity index (χ3v) is 7.95. The lowest BCUT2D eigenvalue weighted by Gasteiger charge is -2.27. The predicted molar refractivity (Wildman–Crippen MR) is 75.9 cm³/mol. The van der Waals surface area contributed by atoms with Crippen molar-refractivity contribution in [2.75, 3.05) is 5.75 Å². The van der Waals surface area contributed by atoms with Crippen molar-refractivity contribution >= 4 is 33.1 Å². The number of fused-ring (bicyclic) bond motifs is 1. The molecule has 1 aromatic carbocycles. The highest BCUT2D eigenvalue weighted by Crippen LogP contribution is 2.61. The number of hydrogen-bond acceptors (Lipinski definition) is 4. The van der Waals surface area contributed by atoms with Crippen molar-refractivity contribution in [3.8, 4) is 0 Å². The van der Waals surface area contributed by atoms with Crippen LogP contribution in [0.2, 0.25) is 0 Å². The summed E-state index contributed by atoms with van der Waals surface area (Å²) in [6.45, 7) is 0. The zero-order valence-electron chi connectivity index (χ0n) is 9.35. The molecule has 0 saturated carbocycles. The highest BCUT2D eigenvalue weighted by atomic mass is 32.3. The molecule has 0 aliphatic carbocycles. The van der Waals surface area contributed by atoms with E-state index in [-0.39, 0.29) is 11.0 Å². The molecule has 1 aliphatic rings. The van der Waals surface area contributed by atoms with E-state index >= 15 is 0 Å². The Morgan fingerprint density at radius 2 is 2.00 bits per heavy atom. The fraction of sp³-hybridized carbons (Fsp3) is 0.167. The Morgan fingerprint density at radius 3 is 2.72 bits per heavy atom. The van der Waals surface area contributed by atoms with E-state index in [0.29, 0.717) is 4.90 Å². The average molecular weight is 300 g/mol. The van der Waals surface area contributed by atoms with Crippen LogP contribution >= 0.6 is 21.9 Å². The molecular formula is C12H12O3S3. The summed E-state index contributed by atoms with van der Waals surface area (Å²) in [6.07, 6.45) is 0. The minimum Gasteiger partial charge on any atom is -0.610 e. The zero-order chi connectivity index (χ0) is 12.8. The Morgan fingerprint density at radius 1 is 1.22 bits per heavy atom. The van der Waals surface area contributed by atoms with Gasteiger partial charge in [0.25, 0.3) is 0 Å². The minimum absolute atomic E-state index is 0.164. The third-order valence-electron chi connectivity index (χ3n) is 2.95. The summed E-state index contributed by atoms with van der Waals surface area (Å²) in [4.78, 5) is 0.555. The maximum Gasteiger partial charge on any atom is 0.207 e. The van der Waals surface area contributed by atoms with E-state index in [1.165, 1.54) is 11.3 Å². The van der Waals surface area contributed by atoms with Gasteiger partial charge in [0.05, 0.1) is 10.6 Å². The lowest BCUT2D eigenvalue weighted by Crippen LogP contribution is -2.14. The van der Waals surface area contributed by atoms with Crippen LogP contribution in [-0.2, 0) is 11.2 Å². The summed E-state index contributed by atoms with van der Waals surface area (Å²) in [5.41, 5.74) is 0.809. The number of rotatable bonds is 2. The first-order valence-electron chi connectivity index (χ1n) is 5.38. The van der Waals surface area contributed by atoms with Gasteiger partial charge < -0.3 is 4.55 Å². The van der Waals surface area contributed by atoms with Crippen molar-refractivity contribution in [3.63, 3.8) is 0 Å². The molecule has 3 nitrogen and oxygen atoms in total. The van der Waals surface area contributed by atoms with Crippen molar-refractivity contribution in [1.82, 2.24) is 0 Å². The van der Waals surface area contributed by atoms with E-state index in [1.54, 1.807) is 12.1 Å². The molecule has 0 saturated heterocycles. The smallest absolute Gasteiger partial charge is 0.207 e. The van der Waals surface area contributed by atoms with Crippen LogP contribution in [0, 0.1) is 0 Å². The first-order chi connectivity index (χ1) is 8.59. The molecule has 2 heterocycles. The molecule has 0 radical (unpaired) electrons. The fourth-order valence-electron chi connectivity index (χ4n) is 2.13. The third kappa shape index (κ3) is 1.99. The molecule has 0 bridgehead atoms. The van der Waals surface area contributed by atoms with Crippen LogP contribution in [0.15, 0.2) is 50.9 Å². The second-order valence-electron chi connectivity index (χ2n) is 4.09. The molecule has 6 heteroatoms. The maximum absolute atomic E-state index is 12.5. The molecule has 1 aliphatic heterocycles. The summed E-state index contributed by atoms with van der Waals surface area (Å²) >= 11 is 0.222. The van der Waals surface area contributed by atoms with Crippen LogP contribution in [0.1, 0.15) is 10.8 Å². The largest absolute Gasteiger partial charge is 0.610 e. The summed E-state index contributed by atoms with van der Waals surface area (Å²) in [5.74, 6) is 0.164. The Labute approximate surface area is 114 Å². The zero-order valence-corrected chi connectivity index (χ0v) is 11.8. The molecular weight excluding hydrogens is 288 g/mol. The lowest BCUT2D eigenvalue weighted by atomic mass is 10.2. The molecule has 96 valence electrons. The van der Waals surface area contributed by atoms with Gasteiger partial charge in [-0.25, -0.2) is 0 Å². The first kappa shape index (κ1) is 12.5. The SMILES string of the molecule is [O-][S+](c1cccs1)C1CS(O)(O)c2ccccc21. The molecule has 2 unspecified atom stereocenters. The van der Waals surface area contributed by atoms with Gasteiger partial charge in [-0.15, -0.1) is 0 Å². The van der Waals surface area contributed by atoms with Crippen LogP contribution in [0.5, 0.6) is 0 Å². The van der Waals surface area contributed by atoms with E-state index in [9.17, 15) is 13.7 Å². The molecule has 2 N–H and O–H groups in total. The van der Waals surface area contributed by atoms with Gasteiger partial charge in [0, 0.05) is 22.8 Å². The molecule has 18 heavy (non-hydrogen) atoms. The van der Waals surface area contributed by atoms with Gasteiger partial charge in [0.2, 0.25) is 4.21 Å². The normalized spacial score (nSPS) is 24.5. The standard InChI is InChI=1S/C12H12O3S3/c13-17(12-6-3-7-16-12)10-8-18(14,15)11-5-2-1-4-9(10)11/h1-7,10,14-15H,8H2. The Kier molecular flexibility index (Phi) is 3.17. The van der Waals surface area contributed by atoms with Crippen LogP contribution in [-0.4, -0.2) is 19.4 Å². The highest BCUT2D eigenvalue weighted by Gasteiger charge is 2.42. The van der Waals surface area contributed by atoms with E-state index in [2.05, 4.69) is 0 Å². The summed E-state index contributed by atoms with van der Waals surface area (Å²) < 4.78 is 33.4. The van der Waals surface area contributed by atoms with Gasteiger partial charge in [-0.2, -0.15) is 10.6 Å². The van der Waals surface area contributed by atoms with Crippen LogP contribution in [0.25, 0.3) is 0 Å². The van der Waals surface area contributed by atoms with Crippen LogP contribution in [0.3, 0.4) is 0 Å². The molecule has 0 amide bonds. The van der Waals surface area contributed by atoms with Crippen molar-refractivity contribution < 1.29 is 13.7 Å². The lowest BCUT2D eigenvalue weighted by molar-refractivity contribution is 0.491. The minimum atomic E-state index is -2.78. The van der Waals surface area contributed by atoms with Crippen LogP contribution in [0.4, 0.5) is 0 Å². The Bertz CT molecular complexity index is 553. The van der Waals surface area contributed by atoms with Gasteiger partial charge in [0.1, 0.15) is 0 Å². The van der Waals surface area contributed by atoms with Gasteiger partial charge in [-0.1, -0.05) is 29.5 Å². The summed E-state index contributed by atoms with van der Waals surface area (Å²) in [6, 6.07) is 10.9. The Balaban J connectivity index is 2.01. The van der Waals surface area contributed by atoms with E-state index in [4.69, 9.17) is 0 Å². The summed E-state index contributed by atoms with van der Waals surface area (Å²) in [5, 5.41) is 1.57. The van der Waals surface area contributed by atoms with Gasteiger partial charge in [0.15, 0.2) is 5.25 Å². The number of hydrogen-bond donors (Lipinski definition) is 2. The number of benzene rings is 1. The molecule has 0 fully saturated rings. The van der Waals surface area contributed by atoms with Gasteiger partial charge in [-0.3, -0.25) is 9.11 Å². The molecule has 3 rings (SSSR count).